The molecule has 7 heteroatoms. The average molecular weight is 400 g/mol. The van der Waals surface area contributed by atoms with Crippen molar-refractivity contribution in [2.24, 2.45) is 5.92 Å². The highest BCUT2D eigenvalue weighted by Gasteiger charge is 2.45. The Balaban J connectivity index is 1.35. The quantitative estimate of drug-likeness (QED) is 0.835. The summed E-state index contributed by atoms with van der Waals surface area (Å²) in [6.07, 6.45) is 0.0736. The number of carbonyl (C=O) groups is 1. The van der Waals surface area contributed by atoms with Gasteiger partial charge in [-0.15, -0.1) is 0 Å². The second-order valence-electron chi connectivity index (χ2n) is 7.46. The lowest BCUT2D eigenvalue weighted by Crippen LogP contribution is -2.51. The second kappa shape index (κ2) is 8.39. The number of rotatable bonds is 4. The van der Waals surface area contributed by atoms with Crippen molar-refractivity contribution in [2.45, 2.75) is 25.7 Å². The van der Waals surface area contributed by atoms with Gasteiger partial charge in [-0.05, 0) is 23.8 Å². The molecule has 2 heterocycles. The van der Waals surface area contributed by atoms with Crippen LogP contribution in [-0.4, -0.2) is 38.2 Å². The molecular weight excluding hydrogens is 375 g/mol. The molecule has 0 bridgehead atoms. The van der Waals surface area contributed by atoms with E-state index in [1.165, 1.54) is 6.07 Å². The van der Waals surface area contributed by atoms with Crippen LogP contribution in [0, 0.1) is 11.7 Å². The maximum atomic E-state index is 14.7. The molecule has 1 N–H and O–H groups in total. The predicted octanol–water partition coefficient (Wildman–Crippen LogP) is 4.16. The predicted molar refractivity (Wildman–Crippen MR) is 107 cm³/mol. The van der Waals surface area contributed by atoms with E-state index < -0.39 is 11.9 Å². The third-order valence-corrected chi connectivity index (χ3v) is 5.50. The number of nitrogens with one attached hydrogen (secondary N) is 1. The van der Waals surface area contributed by atoms with Crippen LogP contribution in [0.2, 0.25) is 0 Å². The van der Waals surface area contributed by atoms with Crippen LogP contribution in [0.25, 0.3) is 0 Å². The van der Waals surface area contributed by atoms with Gasteiger partial charge >= 0.3 is 6.09 Å². The summed E-state index contributed by atoms with van der Waals surface area (Å²) in [5.41, 5.74) is 1.75. The molecule has 4 rings (SSSR count). The first-order chi connectivity index (χ1) is 14.1. The van der Waals surface area contributed by atoms with E-state index in [0.29, 0.717) is 44.1 Å². The van der Waals surface area contributed by atoms with E-state index in [4.69, 9.17) is 14.2 Å². The highest BCUT2D eigenvalue weighted by Crippen LogP contribution is 2.38. The van der Waals surface area contributed by atoms with Crippen molar-refractivity contribution >= 4 is 17.5 Å². The molecule has 0 aromatic heterocycles. The number of nitrogens with zero attached hydrogens (tertiary/aromatic N) is 1. The van der Waals surface area contributed by atoms with Crippen LogP contribution in [0.15, 0.2) is 48.5 Å². The summed E-state index contributed by atoms with van der Waals surface area (Å²) >= 11 is 0. The van der Waals surface area contributed by atoms with Crippen molar-refractivity contribution in [1.29, 1.82) is 0 Å². The van der Waals surface area contributed by atoms with E-state index in [9.17, 15) is 9.18 Å². The number of hydrogen-bond acceptors (Lipinski definition) is 5. The Morgan fingerprint density at radius 2 is 2.00 bits per heavy atom. The van der Waals surface area contributed by atoms with Crippen molar-refractivity contribution in [3.63, 3.8) is 0 Å². The largest absolute Gasteiger partial charge is 0.444 e. The maximum Gasteiger partial charge on any atom is 0.411 e. The molecule has 6 nitrogen and oxygen atoms in total. The standard InChI is InChI=1S/C22H25FN2O4/c1-16-14-25(10-9-22(16)28-11-12-29-22)20-8-7-18(13-19(20)23)24-21(26)27-15-17-5-3-2-4-6-17/h2-8,13,16H,9-12,14-15H2,1H3,(H,24,26). The molecule has 1 atom stereocenters. The topological polar surface area (TPSA) is 60.0 Å². The van der Waals surface area contributed by atoms with E-state index in [1.807, 2.05) is 35.2 Å². The third-order valence-electron chi connectivity index (χ3n) is 5.50. The summed E-state index contributed by atoms with van der Waals surface area (Å²) in [4.78, 5) is 14.0. The number of halogens is 1. The van der Waals surface area contributed by atoms with Gasteiger partial charge in [0.1, 0.15) is 12.4 Å². The van der Waals surface area contributed by atoms with Gasteiger partial charge in [-0.3, -0.25) is 5.32 Å². The molecule has 2 aliphatic heterocycles. The zero-order chi connectivity index (χ0) is 20.3. The summed E-state index contributed by atoms with van der Waals surface area (Å²) in [7, 11) is 0. The van der Waals surface area contributed by atoms with Crippen LogP contribution < -0.4 is 10.2 Å². The average Bonchev–Trinajstić information content (AvgIpc) is 3.20. The zero-order valence-electron chi connectivity index (χ0n) is 16.4. The minimum atomic E-state index is -0.620. The molecule has 154 valence electrons. The van der Waals surface area contributed by atoms with Crippen LogP contribution in [0.5, 0.6) is 0 Å². The van der Waals surface area contributed by atoms with Gasteiger partial charge in [-0.2, -0.15) is 0 Å². The van der Waals surface area contributed by atoms with Crippen molar-refractivity contribution in [3.8, 4) is 0 Å². The SMILES string of the molecule is CC1CN(c2ccc(NC(=O)OCc3ccccc3)cc2F)CCC12OCCO2. The van der Waals surface area contributed by atoms with Crippen LogP contribution >= 0.6 is 0 Å². The summed E-state index contributed by atoms with van der Waals surface area (Å²) in [5.74, 6) is -0.789. The zero-order valence-corrected chi connectivity index (χ0v) is 16.4. The van der Waals surface area contributed by atoms with Crippen molar-refractivity contribution in [3.05, 3.63) is 59.9 Å². The monoisotopic (exact) mass is 400 g/mol. The van der Waals surface area contributed by atoms with E-state index >= 15 is 0 Å². The second-order valence-corrected chi connectivity index (χ2v) is 7.46. The van der Waals surface area contributed by atoms with Gasteiger partial charge in [0.05, 0.1) is 18.9 Å². The smallest absolute Gasteiger partial charge is 0.411 e. The van der Waals surface area contributed by atoms with Gasteiger partial charge in [0.2, 0.25) is 0 Å². The lowest BCUT2D eigenvalue weighted by atomic mass is 9.92. The molecule has 1 unspecified atom stereocenters. The highest BCUT2D eigenvalue weighted by molar-refractivity contribution is 5.85. The molecule has 0 saturated carbocycles. The summed E-state index contributed by atoms with van der Waals surface area (Å²) in [6.45, 7) is 4.73. The third kappa shape index (κ3) is 4.36. The Hall–Kier alpha value is -2.64. The van der Waals surface area contributed by atoms with Crippen molar-refractivity contribution in [1.82, 2.24) is 0 Å². The first-order valence-corrected chi connectivity index (χ1v) is 9.86. The molecule has 0 aliphatic carbocycles. The van der Waals surface area contributed by atoms with Gasteiger partial charge in [-0.1, -0.05) is 37.3 Å². The molecule has 29 heavy (non-hydrogen) atoms. The number of ether oxygens (including phenoxy) is 3. The minimum absolute atomic E-state index is 0.129. The molecule has 2 saturated heterocycles. The Kier molecular flexibility index (Phi) is 5.69. The maximum absolute atomic E-state index is 14.7. The Labute approximate surface area is 169 Å². The fourth-order valence-electron chi connectivity index (χ4n) is 3.93. The van der Waals surface area contributed by atoms with Gasteiger partial charge < -0.3 is 19.1 Å². The van der Waals surface area contributed by atoms with E-state index in [-0.39, 0.29) is 18.3 Å². The van der Waals surface area contributed by atoms with E-state index in [2.05, 4.69) is 12.2 Å². The fraction of sp³-hybridized carbons (Fsp3) is 0.409. The molecule has 2 aromatic rings. The van der Waals surface area contributed by atoms with Crippen LogP contribution in [0.1, 0.15) is 18.9 Å². The summed E-state index contributed by atoms with van der Waals surface area (Å²) in [6, 6.07) is 14.1. The van der Waals surface area contributed by atoms with E-state index in [0.717, 1.165) is 5.56 Å². The Morgan fingerprint density at radius 3 is 2.69 bits per heavy atom. The number of carbonyl (C=O) groups excluding carboxylic acids is 1. The number of piperidine rings is 1. The number of amides is 1. The van der Waals surface area contributed by atoms with Gasteiger partial charge in [-0.25, -0.2) is 9.18 Å². The number of benzene rings is 2. The van der Waals surface area contributed by atoms with Gasteiger partial charge in [0.15, 0.2) is 5.79 Å². The van der Waals surface area contributed by atoms with Crippen LogP contribution in [-0.2, 0) is 20.8 Å². The normalized spacial score (nSPS) is 20.6. The first-order valence-electron chi connectivity index (χ1n) is 9.86. The highest BCUT2D eigenvalue weighted by atomic mass is 19.1. The molecule has 2 aliphatic rings. The number of hydrogen-bond donors (Lipinski definition) is 1. The lowest BCUT2D eigenvalue weighted by Gasteiger charge is -2.43. The molecule has 2 fully saturated rings. The van der Waals surface area contributed by atoms with E-state index in [1.54, 1.807) is 12.1 Å². The van der Waals surface area contributed by atoms with Crippen molar-refractivity contribution in [2.75, 3.05) is 36.5 Å². The van der Waals surface area contributed by atoms with Gasteiger partial charge in [0.25, 0.3) is 0 Å². The molecule has 1 spiro atoms. The van der Waals surface area contributed by atoms with Crippen LogP contribution in [0.3, 0.4) is 0 Å². The van der Waals surface area contributed by atoms with Gasteiger partial charge in [0, 0.05) is 31.1 Å². The summed E-state index contributed by atoms with van der Waals surface area (Å²) in [5, 5.41) is 2.57. The lowest BCUT2D eigenvalue weighted by molar-refractivity contribution is -0.199. The van der Waals surface area contributed by atoms with Crippen LogP contribution in [0.4, 0.5) is 20.6 Å². The molecule has 0 radical (unpaired) electrons. The van der Waals surface area contributed by atoms with Crippen molar-refractivity contribution < 1.29 is 23.4 Å². The molecule has 2 aromatic carbocycles. The summed E-state index contributed by atoms with van der Waals surface area (Å²) < 4.78 is 31.6. The molecule has 1 amide bonds. The fourth-order valence-corrected chi connectivity index (χ4v) is 3.93. The minimum Gasteiger partial charge on any atom is -0.444 e. The number of anilines is 2. The Morgan fingerprint density at radius 1 is 1.24 bits per heavy atom. The first kappa shape index (κ1) is 19.7. The molecular formula is C22H25FN2O4. The Bertz CT molecular complexity index is 855.